The molecule has 0 spiro atoms. The van der Waals surface area contributed by atoms with E-state index in [9.17, 15) is 4.79 Å². The van der Waals surface area contributed by atoms with Crippen LogP contribution >= 0.6 is 0 Å². The molecule has 0 saturated carbocycles. The monoisotopic (exact) mass is 377 g/mol. The Balaban J connectivity index is 1.69. The molecule has 2 aromatic heterocycles. The fourth-order valence-electron chi connectivity index (χ4n) is 2.68. The van der Waals surface area contributed by atoms with Gasteiger partial charge in [-0.05, 0) is 61.4 Å². The molecule has 0 fully saturated rings. The van der Waals surface area contributed by atoms with Gasteiger partial charge in [0.15, 0.2) is 0 Å². The number of aryl methyl sites for hydroxylation is 1. The highest BCUT2D eigenvalue weighted by atomic mass is 16.5. The maximum absolute atomic E-state index is 12.8. The van der Waals surface area contributed by atoms with Crippen LogP contribution in [0.2, 0.25) is 0 Å². The van der Waals surface area contributed by atoms with E-state index in [1.54, 1.807) is 37.5 Å². The summed E-state index contributed by atoms with van der Waals surface area (Å²) in [4.78, 5) is 27.2. The molecule has 144 valence electrons. The number of benzene rings is 1. The van der Waals surface area contributed by atoms with Gasteiger partial charge in [-0.1, -0.05) is 0 Å². The van der Waals surface area contributed by atoms with Gasteiger partial charge in [-0.2, -0.15) is 0 Å². The van der Waals surface area contributed by atoms with Gasteiger partial charge >= 0.3 is 0 Å². The molecule has 0 radical (unpaired) electrons. The van der Waals surface area contributed by atoms with Crippen molar-refractivity contribution in [3.8, 4) is 5.75 Å². The second kappa shape index (κ2) is 8.94. The van der Waals surface area contributed by atoms with Crippen molar-refractivity contribution in [3.05, 3.63) is 71.8 Å². The summed E-state index contributed by atoms with van der Waals surface area (Å²) in [7, 11) is 3.40. The Kier molecular flexibility index (Phi) is 6.16. The standard InChI is InChI=1S/C21H23N5O2/c1-15-14-19(20(27)26(2)13-10-16-8-11-22-12-9-16)25-21(23-15)24-17-4-6-18(28-3)7-5-17/h4-9,11-12,14H,10,13H2,1-3H3,(H,23,24,25). The first-order valence-corrected chi connectivity index (χ1v) is 8.96. The molecule has 28 heavy (non-hydrogen) atoms. The molecule has 0 aliphatic heterocycles. The number of ether oxygens (including phenoxy) is 1. The van der Waals surface area contributed by atoms with Gasteiger partial charge < -0.3 is 15.0 Å². The van der Waals surface area contributed by atoms with Crippen LogP contribution in [-0.2, 0) is 6.42 Å². The number of rotatable bonds is 7. The number of carbonyl (C=O) groups is 1. The predicted molar refractivity (Wildman–Crippen MR) is 108 cm³/mol. The first-order chi connectivity index (χ1) is 13.5. The van der Waals surface area contributed by atoms with Crippen LogP contribution < -0.4 is 10.1 Å². The average Bonchev–Trinajstić information content (AvgIpc) is 2.72. The highest BCUT2D eigenvalue weighted by Crippen LogP contribution is 2.18. The van der Waals surface area contributed by atoms with E-state index in [4.69, 9.17) is 4.74 Å². The van der Waals surface area contributed by atoms with Crippen molar-refractivity contribution in [1.29, 1.82) is 0 Å². The molecule has 1 N–H and O–H groups in total. The van der Waals surface area contributed by atoms with Crippen LogP contribution in [0.4, 0.5) is 11.6 Å². The van der Waals surface area contributed by atoms with E-state index < -0.39 is 0 Å². The SMILES string of the molecule is COc1ccc(Nc2nc(C)cc(C(=O)N(C)CCc3ccncc3)n2)cc1. The van der Waals surface area contributed by atoms with E-state index in [2.05, 4.69) is 20.3 Å². The van der Waals surface area contributed by atoms with Crippen molar-refractivity contribution in [1.82, 2.24) is 19.9 Å². The summed E-state index contributed by atoms with van der Waals surface area (Å²) in [6.07, 6.45) is 4.26. The molecular formula is C21H23N5O2. The first-order valence-electron chi connectivity index (χ1n) is 8.96. The lowest BCUT2D eigenvalue weighted by Gasteiger charge is -2.17. The fourth-order valence-corrected chi connectivity index (χ4v) is 2.68. The molecule has 1 aromatic carbocycles. The van der Waals surface area contributed by atoms with Crippen molar-refractivity contribution in [2.75, 3.05) is 26.0 Å². The predicted octanol–water partition coefficient (Wildman–Crippen LogP) is 3.25. The van der Waals surface area contributed by atoms with E-state index in [-0.39, 0.29) is 5.91 Å². The number of likely N-dealkylation sites (N-methyl/N-ethyl adjacent to an activating group) is 1. The number of methoxy groups -OCH3 is 1. The van der Waals surface area contributed by atoms with Gasteiger partial charge in [-0.15, -0.1) is 0 Å². The summed E-state index contributed by atoms with van der Waals surface area (Å²) in [6.45, 7) is 2.43. The van der Waals surface area contributed by atoms with Crippen molar-refractivity contribution < 1.29 is 9.53 Å². The van der Waals surface area contributed by atoms with Gasteiger partial charge in [0.2, 0.25) is 5.95 Å². The number of anilines is 2. The maximum Gasteiger partial charge on any atom is 0.272 e. The molecule has 7 nitrogen and oxygen atoms in total. The third-order valence-electron chi connectivity index (χ3n) is 4.25. The minimum Gasteiger partial charge on any atom is -0.497 e. The number of pyridine rings is 1. The lowest BCUT2D eigenvalue weighted by atomic mass is 10.2. The fraction of sp³-hybridized carbons (Fsp3) is 0.238. The number of nitrogens with zero attached hydrogens (tertiary/aromatic N) is 4. The van der Waals surface area contributed by atoms with Gasteiger partial charge in [-0.25, -0.2) is 9.97 Å². The van der Waals surface area contributed by atoms with Gasteiger partial charge in [0.25, 0.3) is 5.91 Å². The van der Waals surface area contributed by atoms with Crippen molar-refractivity contribution in [2.45, 2.75) is 13.3 Å². The molecular weight excluding hydrogens is 354 g/mol. The summed E-state index contributed by atoms with van der Waals surface area (Å²) >= 11 is 0. The number of nitrogens with one attached hydrogen (secondary N) is 1. The van der Waals surface area contributed by atoms with Crippen LogP contribution in [0.3, 0.4) is 0 Å². The third-order valence-corrected chi connectivity index (χ3v) is 4.25. The van der Waals surface area contributed by atoms with Crippen molar-refractivity contribution in [2.24, 2.45) is 0 Å². The van der Waals surface area contributed by atoms with Crippen LogP contribution in [0.5, 0.6) is 5.75 Å². The lowest BCUT2D eigenvalue weighted by Crippen LogP contribution is -2.30. The molecule has 0 unspecified atom stereocenters. The summed E-state index contributed by atoms with van der Waals surface area (Å²) in [5.41, 5.74) is 3.03. The summed E-state index contributed by atoms with van der Waals surface area (Å²) in [6, 6.07) is 13.0. The van der Waals surface area contributed by atoms with E-state index >= 15 is 0 Å². The van der Waals surface area contributed by atoms with Gasteiger partial charge in [0.05, 0.1) is 7.11 Å². The van der Waals surface area contributed by atoms with E-state index in [1.807, 2.05) is 43.3 Å². The molecule has 0 aliphatic carbocycles. The second-order valence-corrected chi connectivity index (χ2v) is 6.40. The van der Waals surface area contributed by atoms with Gasteiger partial charge in [0.1, 0.15) is 11.4 Å². The molecule has 1 amide bonds. The maximum atomic E-state index is 12.8. The average molecular weight is 377 g/mol. The molecule has 3 rings (SSSR count). The first kappa shape index (κ1) is 19.3. The second-order valence-electron chi connectivity index (χ2n) is 6.40. The summed E-state index contributed by atoms with van der Waals surface area (Å²) in [5.74, 6) is 1.01. The smallest absolute Gasteiger partial charge is 0.272 e. The molecule has 0 bridgehead atoms. The molecule has 0 aliphatic rings. The van der Waals surface area contributed by atoms with Gasteiger partial charge in [0, 0.05) is 37.4 Å². The number of amides is 1. The summed E-state index contributed by atoms with van der Waals surface area (Å²) in [5, 5.41) is 3.13. The van der Waals surface area contributed by atoms with Crippen LogP contribution in [0.25, 0.3) is 0 Å². The van der Waals surface area contributed by atoms with Gasteiger partial charge in [-0.3, -0.25) is 9.78 Å². The van der Waals surface area contributed by atoms with Crippen LogP contribution in [0.1, 0.15) is 21.7 Å². The quantitative estimate of drug-likeness (QED) is 0.681. The van der Waals surface area contributed by atoms with Crippen LogP contribution in [-0.4, -0.2) is 46.5 Å². The number of carbonyl (C=O) groups excluding carboxylic acids is 1. The Hall–Kier alpha value is -3.48. The van der Waals surface area contributed by atoms with E-state index in [0.29, 0.717) is 18.2 Å². The molecule has 7 heteroatoms. The number of aromatic nitrogens is 3. The Morgan fingerprint density at radius 2 is 1.82 bits per heavy atom. The highest BCUT2D eigenvalue weighted by molar-refractivity contribution is 5.92. The van der Waals surface area contributed by atoms with E-state index in [0.717, 1.165) is 29.1 Å². The zero-order valence-corrected chi connectivity index (χ0v) is 16.2. The minimum atomic E-state index is -0.141. The normalized spacial score (nSPS) is 10.4. The molecule has 2 heterocycles. The molecule has 0 atom stereocenters. The topological polar surface area (TPSA) is 80.2 Å². The zero-order chi connectivity index (χ0) is 19.9. The number of hydrogen-bond acceptors (Lipinski definition) is 6. The van der Waals surface area contributed by atoms with Crippen molar-refractivity contribution in [3.63, 3.8) is 0 Å². The lowest BCUT2D eigenvalue weighted by molar-refractivity contribution is 0.0790. The van der Waals surface area contributed by atoms with Crippen LogP contribution in [0.15, 0.2) is 54.9 Å². The van der Waals surface area contributed by atoms with Crippen molar-refractivity contribution >= 4 is 17.5 Å². The Labute approximate surface area is 164 Å². The Morgan fingerprint density at radius 1 is 1.11 bits per heavy atom. The Bertz CT molecular complexity index is 929. The zero-order valence-electron chi connectivity index (χ0n) is 16.2. The minimum absolute atomic E-state index is 0.141. The molecule has 3 aromatic rings. The van der Waals surface area contributed by atoms with E-state index in [1.165, 1.54) is 0 Å². The van der Waals surface area contributed by atoms with Crippen LogP contribution in [0, 0.1) is 6.92 Å². The largest absolute Gasteiger partial charge is 0.497 e. The summed E-state index contributed by atoms with van der Waals surface area (Å²) < 4.78 is 5.16. The Morgan fingerprint density at radius 3 is 2.50 bits per heavy atom. The highest BCUT2D eigenvalue weighted by Gasteiger charge is 2.15. The number of hydrogen-bond donors (Lipinski definition) is 1. The third kappa shape index (κ3) is 5.03. The molecule has 0 saturated heterocycles.